The van der Waals surface area contributed by atoms with E-state index in [1.807, 2.05) is 92.7 Å². The van der Waals surface area contributed by atoms with Crippen LogP contribution in [0.1, 0.15) is 11.4 Å². The molecule has 184 valence electrons. The summed E-state index contributed by atoms with van der Waals surface area (Å²) in [5, 5.41) is 34.7. The second kappa shape index (κ2) is 13.3. The van der Waals surface area contributed by atoms with Crippen molar-refractivity contribution in [3.8, 4) is 28.4 Å². The Bertz CT molecular complexity index is 1540. The number of aryl methyl sites for hydroxylation is 2. The van der Waals surface area contributed by atoms with Gasteiger partial charge in [-0.25, -0.2) is 0 Å². The van der Waals surface area contributed by atoms with Crippen LogP contribution in [0.15, 0.2) is 115 Å². The molecule has 6 aromatic rings. The minimum Gasteiger partial charge on any atom is -0.872 e. The average Bonchev–Trinajstić information content (AvgIpc) is 2.90. The first-order valence-electron chi connectivity index (χ1n) is 11.8. The van der Waals surface area contributed by atoms with Crippen LogP contribution in [0.4, 0.5) is 0 Å². The maximum absolute atomic E-state index is 11.3. The van der Waals surface area contributed by atoms with Crippen LogP contribution >= 0.6 is 0 Å². The average molecular weight is 513 g/mol. The first-order chi connectivity index (χ1) is 17.9. The number of aromatic nitrogens is 2. The molecule has 6 rings (SSSR count). The normalized spacial score (nSPS) is 9.95. The molecule has 5 nitrogen and oxygen atoms in total. The van der Waals surface area contributed by atoms with Crippen molar-refractivity contribution in [3.05, 3.63) is 127 Å². The van der Waals surface area contributed by atoms with Crippen LogP contribution in [0.25, 0.3) is 32.9 Å². The molecule has 0 saturated carbocycles. The Kier molecular flexibility index (Phi) is 9.84. The molecule has 0 spiro atoms. The molecule has 0 saturated heterocycles. The van der Waals surface area contributed by atoms with Crippen molar-refractivity contribution in [2.24, 2.45) is 0 Å². The molecule has 0 aliphatic rings. The minimum atomic E-state index is 0. The first kappa shape index (κ1) is 28.2. The van der Waals surface area contributed by atoms with Crippen LogP contribution in [0.3, 0.4) is 0 Å². The van der Waals surface area contributed by atoms with Gasteiger partial charge in [0.15, 0.2) is 0 Å². The van der Waals surface area contributed by atoms with Crippen LogP contribution in [0.5, 0.6) is 17.2 Å². The van der Waals surface area contributed by atoms with Gasteiger partial charge in [0.2, 0.25) is 0 Å². The van der Waals surface area contributed by atoms with Gasteiger partial charge >= 0.3 is 17.4 Å². The molecule has 2 heterocycles. The van der Waals surface area contributed by atoms with Crippen LogP contribution < -0.4 is 15.3 Å². The Morgan fingerprint density at radius 3 is 1.37 bits per heavy atom. The molecule has 0 bridgehead atoms. The number of pyridine rings is 2. The van der Waals surface area contributed by atoms with E-state index in [1.54, 1.807) is 36.4 Å². The maximum Gasteiger partial charge on any atom is 3.00 e. The van der Waals surface area contributed by atoms with E-state index >= 15 is 0 Å². The van der Waals surface area contributed by atoms with Crippen LogP contribution in [0.2, 0.25) is 0 Å². The van der Waals surface area contributed by atoms with Gasteiger partial charge in [0, 0.05) is 11.4 Å². The Balaban J connectivity index is 0.000000156. The van der Waals surface area contributed by atoms with Crippen molar-refractivity contribution >= 4 is 39.2 Å². The maximum atomic E-state index is 11.3. The second-order valence-electron chi connectivity index (χ2n) is 8.44. The van der Waals surface area contributed by atoms with Gasteiger partial charge in [-0.2, -0.15) is 0 Å². The fourth-order valence-electron chi connectivity index (χ4n) is 3.74. The largest absolute Gasteiger partial charge is 3.00 e. The van der Waals surface area contributed by atoms with E-state index in [4.69, 9.17) is 0 Å². The summed E-state index contributed by atoms with van der Waals surface area (Å²) in [5.41, 5.74) is 5.66. The van der Waals surface area contributed by atoms with E-state index in [1.165, 1.54) is 0 Å². The molecule has 0 aliphatic carbocycles. The molecule has 0 amide bonds. The molecule has 0 atom stereocenters. The monoisotopic (exact) mass is 512 g/mol. The zero-order valence-corrected chi connectivity index (χ0v) is 22.3. The van der Waals surface area contributed by atoms with E-state index in [-0.39, 0.29) is 34.6 Å². The Morgan fingerprint density at radius 1 is 0.447 bits per heavy atom. The summed E-state index contributed by atoms with van der Waals surface area (Å²) in [4.78, 5) is 8.47. The van der Waals surface area contributed by atoms with E-state index in [9.17, 15) is 15.3 Å². The first-order valence-corrected chi connectivity index (χ1v) is 11.8. The quantitative estimate of drug-likeness (QED) is 0.279. The van der Waals surface area contributed by atoms with Gasteiger partial charge in [-0.05, 0) is 60.0 Å². The van der Waals surface area contributed by atoms with Crippen LogP contribution in [-0.4, -0.2) is 27.3 Å². The van der Waals surface area contributed by atoms with Crippen LogP contribution in [-0.2, 0) is 0 Å². The predicted molar refractivity (Wildman–Crippen MR) is 149 cm³/mol. The molecule has 38 heavy (non-hydrogen) atoms. The fraction of sp³-hybridized carbons (Fsp3) is 0.0625. The molecule has 0 radical (unpaired) electrons. The third-order valence-electron chi connectivity index (χ3n) is 5.62. The van der Waals surface area contributed by atoms with Gasteiger partial charge in [-0.3, -0.25) is 9.97 Å². The van der Waals surface area contributed by atoms with Crippen molar-refractivity contribution in [3.63, 3.8) is 0 Å². The standard InChI is InChI=1S/C12H10O.2C10H9NO.Al/c13-12-8-6-11(7-9-12)10-4-2-1-3-5-10;2*1-7-5-6-8-9(11-7)3-2-4-10(8)12;/h1-9,13H;2*2-6,12H,1H3;/q;;;+3/p-3. The molecule has 2 aromatic heterocycles. The second-order valence-corrected chi connectivity index (χ2v) is 8.44. The molecule has 0 aliphatic heterocycles. The van der Waals surface area contributed by atoms with Gasteiger partial charge in [-0.1, -0.05) is 102 Å². The summed E-state index contributed by atoms with van der Waals surface area (Å²) in [6, 6.07) is 34.5. The summed E-state index contributed by atoms with van der Waals surface area (Å²) >= 11 is 0. The Morgan fingerprint density at radius 2 is 0.895 bits per heavy atom. The van der Waals surface area contributed by atoms with Crippen molar-refractivity contribution in [2.45, 2.75) is 13.8 Å². The molecule has 4 aromatic carbocycles. The molecule has 0 N–H and O–H groups in total. The van der Waals surface area contributed by atoms with E-state index in [2.05, 4.69) is 9.97 Å². The van der Waals surface area contributed by atoms with Gasteiger partial charge in [0.1, 0.15) is 0 Å². The number of fused-ring (bicyclic) bond motifs is 2. The summed E-state index contributed by atoms with van der Waals surface area (Å²) in [6.45, 7) is 3.83. The summed E-state index contributed by atoms with van der Waals surface area (Å²) in [6.07, 6.45) is 0. The number of benzene rings is 4. The van der Waals surface area contributed by atoms with Crippen molar-refractivity contribution in [1.29, 1.82) is 0 Å². The number of hydrogen-bond acceptors (Lipinski definition) is 5. The minimum absolute atomic E-state index is 0. The summed E-state index contributed by atoms with van der Waals surface area (Å²) < 4.78 is 0. The van der Waals surface area contributed by atoms with Gasteiger partial charge in [0.05, 0.1) is 11.0 Å². The Labute approximate surface area is 232 Å². The zero-order chi connectivity index (χ0) is 26.2. The van der Waals surface area contributed by atoms with Gasteiger partial charge in [0.25, 0.3) is 0 Å². The topological polar surface area (TPSA) is 95.0 Å². The zero-order valence-electron chi connectivity index (χ0n) is 21.2. The van der Waals surface area contributed by atoms with Crippen molar-refractivity contribution in [1.82, 2.24) is 9.97 Å². The number of nitrogens with zero attached hydrogens (tertiary/aromatic N) is 2. The Hall–Kier alpha value is -4.37. The van der Waals surface area contributed by atoms with Crippen molar-refractivity contribution < 1.29 is 15.3 Å². The van der Waals surface area contributed by atoms with E-state index in [0.717, 1.165) is 33.5 Å². The third-order valence-corrected chi connectivity index (χ3v) is 5.62. The van der Waals surface area contributed by atoms with E-state index < -0.39 is 0 Å². The third kappa shape index (κ3) is 7.33. The number of hydrogen-bond donors (Lipinski definition) is 0. The fourth-order valence-corrected chi connectivity index (χ4v) is 3.74. The van der Waals surface area contributed by atoms with Gasteiger partial charge in [-0.15, -0.1) is 5.75 Å². The molecule has 6 heteroatoms. The van der Waals surface area contributed by atoms with Crippen molar-refractivity contribution in [2.75, 3.05) is 0 Å². The molecular weight excluding hydrogens is 487 g/mol. The summed E-state index contributed by atoms with van der Waals surface area (Å²) in [7, 11) is 0. The SMILES string of the molecule is Cc1ccc2c([O-])cccc2n1.Cc1ccc2c([O-])cccc2n1.[Al+3].[O-]c1ccc(-c2ccccc2)cc1. The molecule has 0 fully saturated rings. The smallest absolute Gasteiger partial charge is 0.872 e. The number of rotatable bonds is 1. The molecule has 0 unspecified atom stereocenters. The summed E-state index contributed by atoms with van der Waals surface area (Å²) in [5.74, 6) is 0.139. The molecular formula is C32H25AlN2O3. The van der Waals surface area contributed by atoms with E-state index in [0.29, 0.717) is 10.8 Å². The predicted octanol–water partition coefficient (Wildman–Crippen LogP) is 5.28. The van der Waals surface area contributed by atoms with Crippen LogP contribution in [0, 0.1) is 13.8 Å². The van der Waals surface area contributed by atoms with Gasteiger partial charge < -0.3 is 15.3 Å².